The highest BCUT2D eigenvalue weighted by atomic mass is 16.1. The van der Waals surface area contributed by atoms with Crippen LogP contribution in [0.4, 0.5) is 0 Å². The van der Waals surface area contributed by atoms with Crippen LogP contribution < -0.4 is 5.32 Å². The second-order valence-corrected chi connectivity index (χ2v) is 3.14. The van der Waals surface area contributed by atoms with Gasteiger partial charge in [-0.15, -0.1) is 0 Å². The third-order valence-corrected chi connectivity index (χ3v) is 2.01. The molecule has 0 aliphatic heterocycles. The van der Waals surface area contributed by atoms with Gasteiger partial charge in [-0.05, 0) is 12.1 Å². The number of carbonyl (C=O) groups excluding carboxylic acids is 2. The van der Waals surface area contributed by atoms with Gasteiger partial charge in [0.15, 0.2) is 0 Å². The van der Waals surface area contributed by atoms with Gasteiger partial charge in [-0.2, -0.15) is 0 Å². The van der Waals surface area contributed by atoms with E-state index >= 15 is 0 Å². The molecule has 0 atom stereocenters. The molecule has 1 N–H and O–H groups in total. The van der Waals surface area contributed by atoms with E-state index in [0.29, 0.717) is 24.9 Å². The van der Waals surface area contributed by atoms with E-state index in [9.17, 15) is 9.59 Å². The SMILES string of the molecule is CCC(=O)CCNC(=O)c1cccnc1.[HH]. The van der Waals surface area contributed by atoms with E-state index in [2.05, 4.69) is 10.3 Å². The molecule has 1 aromatic heterocycles. The van der Waals surface area contributed by atoms with Gasteiger partial charge >= 0.3 is 0 Å². The molecule has 15 heavy (non-hydrogen) atoms. The predicted octanol–water partition coefficient (Wildman–Crippen LogP) is 1.43. The van der Waals surface area contributed by atoms with Crippen LogP contribution in [0.15, 0.2) is 24.5 Å². The minimum absolute atomic E-state index is 0. The molecule has 4 nitrogen and oxygen atoms in total. The highest BCUT2D eigenvalue weighted by Gasteiger charge is 2.04. The maximum atomic E-state index is 11.5. The Bertz CT molecular complexity index is 341. The van der Waals surface area contributed by atoms with E-state index in [1.807, 2.05) is 6.92 Å². The van der Waals surface area contributed by atoms with Crippen LogP contribution in [0.1, 0.15) is 31.6 Å². The minimum Gasteiger partial charge on any atom is -0.352 e. The molecule has 1 amide bonds. The first-order valence-corrected chi connectivity index (χ1v) is 4.94. The summed E-state index contributed by atoms with van der Waals surface area (Å²) >= 11 is 0. The van der Waals surface area contributed by atoms with Gasteiger partial charge in [-0.1, -0.05) is 6.92 Å². The van der Waals surface area contributed by atoms with E-state index in [0.717, 1.165) is 0 Å². The fourth-order valence-electron chi connectivity index (χ4n) is 1.09. The molecule has 0 saturated carbocycles. The van der Waals surface area contributed by atoms with Crippen molar-refractivity contribution in [1.82, 2.24) is 10.3 Å². The minimum atomic E-state index is -0.188. The fourth-order valence-corrected chi connectivity index (χ4v) is 1.09. The lowest BCUT2D eigenvalue weighted by Crippen LogP contribution is -2.25. The highest BCUT2D eigenvalue weighted by Crippen LogP contribution is 1.95. The van der Waals surface area contributed by atoms with Crippen LogP contribution >= 0.6 is 0 Å². The van der Waals surface area contributed by atoms with Crippen LogP contribution in [0.3, 0.4) is 0 Å². The first-order chi connectivity index (χ1) is 7.24. The zero-order valence-electron chi connectivity index (χ0n) is 8.69. The standard InChI is InChI=1S/C11H14N2O2.H2/c1-2-10(14)5-7-13-11(15)9-4-3-6-12-8-9;/h3-4,6,8H,2,5,7H2,1H3,(H,13,15);1H. The molecule has 1 rings (SSSR count). The third-order valence-electron chi connectivity index (χ3n) is 2.01. The zero-order chi connectivity index (χ0) is 11.1. The topological polar surface area (TPSA) is 59.1 Å². The number of Topliss-reactive ketones (excluding diaryl/α,β-unsaturated/α-hetero) is 1. The van der Waals surface area contributed by atoms with Crippen LogP contribution in [0.2, 0.25) is 0 Å². The Labute approximate surface area is 90.2 Å². The van der Waals surface area contributed by atoms with Gasteiger partial charge in [-0.25, -0.2) is 0 Å². The van der Waals surface area contributed by atoms with Crippen molar-refractivity contribution in [2.24, 2.45) is 0 Å². The molecule has 0 aliphatic rings. The van der Waals surface area contributed by atoms with Gasteiger partial charge in [0.05, 0.1) is 5.56 Å². The van der Waals surface area contributed by atoms with E-state index in [1.165, 1.54) is 6.20 Å². The highest BCUT2D eigenvalue weighted by molar-refractivity contribution is 5.94. The number of amides is 1. The number of nitrogens with zero attached hydrogens (tertiary/aromatic N) is 1. The van der Waals surface area contributed by atoms with Gasteiger partial charge in [0.2, 0.25) is 0 Å². The van der Waals surface area contributed by atoms with Gasteiger partial charge in [-0.3, -0.25) is 14.6 Å². The van der Waals surface area contributed by atoms with E-state index in [4.69, 9.17) is 0 Å². The predicted molar refractivity (Wildman–Crippen MR) is 58.6 cm³/mol. The number of hydrogen-bond donors (Lipinski definition) is 1. The molecule has 4 heteroatoms. The maximum Gasteiger partial charge on any atom is 0.252 e. The molecule has 82 valence electrons. The number of carbonyl (C=O) groups is 2. The summed E-state index contributed by atoms with van der Waals surface area (Å²) in [6, 6.07) is 3.39. The van der Waals surface area contributed by atoms with Crippen LogP contribution in [-0.4, -0.2) is 23.2 Å². The molecule has 0 bridgehead atoms. The molecular formula is C11H16N2O2. The Balaban J connectivity index is 0.00000225. The number of aromatic nitrogens is 1. The summed E-state index contributed by atoms with van der Waals surface area (Å²) in [7, 11) is 0. The second kappa shape index (κ2) is 5.90. The lowest BCUT2D eigenvalue weighted by molar-refractivity contribution is -0.118. The van der Waals surface area contributed by atoms with Crippen LogP contribution in [0, 0.1) is 0 Å². The molecule has 0 aromatic carbocycles. The molecular weight excluding hydrogens is 192 g/mol. The summed E-state index contributed by atoms with van der Waals surface area (Å²) in [5.74, 6) is -0.0338. The molecule has 1 heterocycles. The zero-order valence-corrected chi connectivity index (χ0v) is 8.69. The Kier molecular flexibility index (Phi) is 4.47. The summed E-state index contributed by atoms with van der Waals surface area (Å²) in [6.07, 6.45) is 4.01. The molecule has 0 fully saturated rings. The summed E-state index contributed by atoms with van der Waals surface area (Å²) < 4.78 is 0. The Hall–Kier alpha value is -1.71. The quantitative estimate of drug-likeness (QED) is 0.796. The van der Waals surface area contributed by atoms with Crippen LogP contribution in [0.5, 0.6) is 0 Å². The lowest BCUT2D eigenvalue weighted by atomic mass is 10.2. The van der Waals surface area contributed by atoms with Crippen molar-refractivity contribution in [2.45, 2.75) is 19.8 Å². The third kappa shape index (κ3) is 3.89. The smallest absolute Gasteiger partial charge is 0.252 e. The monoisotopic (exact) mass is 208 g/mol. The average molecular weight is 208 g/mol. The Morgan fingerprint density at radius 1 is 1.53 bits per heavy atom. The average Bonchev–Trinajstić information content (AvgIpc) is 2.29. The summed E-state index contributed by atoms with van der Waals surface area (Å²) in [5, 5.41) is 2.66. The van der Waals surface area contributed by atoms with E-state index in [1.54, 1.807) is 18.3 Å². The molecule has 0 radical (unpaired) electrons. The van der Waals surface area contributed by atoms with Crippen molar-refractivity contribution in [3.05, 3.63) is 30.1 Å². The Morgan fingerprint density at radius 3 is 2.93 bits per heavy atom. The van der Waals surface area contributed by atoms with Crippen molar-refractivity contribution >= 4 is 11.7 Å². The van der Waals surface area contributed by atoms with Gasteiger partial charge in [0, 0.05) is 33.2 Å². The van der Waals surface area contributed by atoms with Crippen molar-refractivity contribution < 1.29 is 11.0 Å². The maximum absolute atomic E-state index is 11.5. The van der Waals surface area contributed by atoms with Crippen molar-refractivity contribution in [3.8, 4) is 0 Å². The van der Waals surface area contributed by atoms with E-state index in [-0.39, 0.29) is 13.1 Å². The normalized spacial score (nSPS) is 9.67. The van der Waals surface area contributed by atoms with Gasteiger partial charge in [0.1, 0.15) is 5.78 Å². The lowest BCUT2D eigenvalue weighted by Gasteiger charge is -2.03. The Morgan fingerprint density at radius 2 is 2.33 bits per heavy atom. The molecule has 0 saturated heterocycles. The molecule has 0 spiro atoms. The first kappa shape index (κ1) is 11.4. The largest absolute Gasteiger partial charge is 0.352 e. The van der Waals surface area contributed by atoms with Gasteiger partial charge < -0.3 is 5.32 Å². The number of rotatable bonds is 5. The van der Waals surface area contributed by atoms with Crippen LogP contribution in [0.25, 0.3) is 0 Å². The second-order valence-electron chi connectivity index (χ2n) is 3.14. The van der Waals surface area contributed by atoms with Crippen LogP contribution in [-0.2, 0) is 4.79 Å². The summed E-state index contributed by atoms with van der Waals surface area (Å²) in [5.41, 5.74) is 0.515. The number of pyridine rings is 1. The van der Waals surface area contributed by atoms with E-state index < -0.39 is 0 Å². The fraction of sp³-hybridized carbons (Fsp3) is 0.364. The molecule has 0 aliphatic carbocycles. The van der Waals surface area contributed by atoms with Gasteiger partial charge in [0.25, 0.3) is 5.91 Å². The number of nitrogens with one attached hydrogen (secondary N) is 1. The summed E-state index contributed by atoms with van der Waals surface area (Å²) in [6.45, 7) is 2.20. The van der Waals surface area contributed by atoms with Crippen molar-refractivity contribution in [2.75, 3.05) is 6.54 Å². The van der Waals surface area contributed by atoms with Crippen molar-refractivity contribution in [1.29, 1.82) is 0 Å². The first-order valence-electron chi connectivity index (χ1n) is 4.94. The summed E-state index contributed by atoms with van der Waals surface area (Å²) in [4.78, 5) is 26.3. The number of ketones is 1. The van der Waals surface area contributed by atoms with Crippen molar-refractivity contribution in [3.63, 3.8) is 0 Å². The molecule has 0 unspecified atom stereocenters. The number of hydrogen-bond acceptors (Lipinski definition) is 3. The molecule has 1 aromatic rings.